The molecule has 0 radical (unpaired) electrons. The second kappa shape index (κ2) is 16.8. The largest absolute Gasteiger partial charge is 0.456 e. The van der Waals surface area contributed by atoms with Gasteiger partial charge < -0.3 is 24.0 Å². The zero-order valence-corrected chi connectivity index (χ0v) is 36.4. The molecule has 0 bridgehead atoms. The third kappa shape index (κ3) is 7.14. The molecule has 0 atom stereocenters. The molecule has 6 heteroatoms. The molecule has 0 amide bonds. The molecule has 1 aromatic heterocycles. The van der Waals surface area contributed by atoms with Gasteiger partial charge in [0.05, 0.1) is 33.5 Å². The maximum absolute atomic E-state index is 13.4. The average molecular weight is 863 g/mol. The monoisotopic (exact) mass is 862 g/mol. The van der Waals surface area contributed by atoms with Crippen molar-refractivity contribution in [1.29, 1.82) is 0 Å². The summed E-state index contributed by atoms with van der Waals surface area (Å²) in [5.74, 6) is 0. The van der Waals surface area contributed by atoms with E-state index < -0.39 is 0 Å². The van der Waals surface area contributed by atoms with Gasteiger partial charge >= 0.3 is 0 Å². The van der Waals surface area contributed by atoms with E-state index in [1.165, 1.54) is 0 Å². The summed E-state index contributed by atoms with van der Waals surface area (Å²) in [5.41, 5.74) is 15.6. The van der Waals surface area contributed by atoms with Crippen LogP contribution < -0.4 is 25.0 Å². The van der Waals surface area contributed by atoms with E-state index in [-0.39, 0.29) is 5.43 Å². The third-order valence-electron chi connectivity index (χ3n) is 12.5. The molecule has 1 aliphatic heterocycles. The van der Waals surface area contributed by atoms with Crippen molar-refractivity contribution in [3.05, 3.63) is 265 Å². The van der Waals surface area contributed by atoms with E-state index in [4.69, 9.17) is 4.42 Å². The van der Waals surface area contributed by atoms with Crippen LogP contribution in [0.25, 0.3) is 33.1 Å². The highest BCUT2D eigenvalue weighted by Gasteiger charge is 2.33. The molecule has 0 N–H and O–H groups in total. The van der Waals surface area contributed by atoms with Crippen LogP contribution in [-0.4, -0.2) is 0 Å². The van der Waals surface area contributed by atoms with Crippen LogP contribution in [0.2, 0.25) is 0 Å². The van der Waals surface area contributed by atoms with Gasteiger partial charge in [-0.3, -0.25) is 4.79 Å². The Bertz CT molecular complexity index is 3390. The molecule has 1 aliphatic rings. The Labute approximate surface area is 388 Å². The molecule has 11 aromatic rings. The topological polar surface area (TPSA) is 43.2 Å². The molecule has 0 fully saturated rings. The normalized spacial score (nSPS) is 11.9. The van der Waals surface area contributed by atoms with Crippen LogP contribution in [0.4, 0.5) is 68.2 Å². The molecule has 0 saturated heterocycles. The summed E-state index contributed by atoms with van der Waals surface area (Å²) < 4.78 is 6.28. The van der Waals surface area contributed by atoms with Crippen molar-refractivity contribution in [3.8, 4) is 11.1 Å². The second-order valence-electron chi connectivity index (χ2n) is 16.6. The van der Waals surface area contributed by atoms with Gasteiger partial charge in [-0.1, -0.05) is 121 Å². The standard InChI is InChI=1S/C61H42N4O2/c66-61-53-28-16-17-29-59(53)67-60-40-44(32-37-54(60)61)43-30-33-50(34-31-43)64-55-38-35-51(62(45-18-6-1-7-19-45)46-20-8-2-9-21-46)41-57(55)65(49-26-14-5-15-27-49)58-42-52(36-39-56(58)64)63(47-22-10-3-11-23-47)48-24-12-4-13-25-48/h1-42H. The highest BCUT2D eigenvalue weighted by molar-refractivity contribution is 6.04. The summed E-state index contributed by atoms with van der Waals surface area (Å²) in [4.78, 5) is 22.8. The van der Waals surface area contributed by atoms with E-state index in [0.29, 0.717) is 21.9 Å². The fourth-order valence-electron chi connectivity index (χ4n) is 9.42. The van der Waals surface area contributed by atoms with Gasteiger partial charge in [-0.25, -0.2) is 0 Å². The van der Waals surface area contributed by atoms with Gasteiger partial charge in [-0.15, -0.1) is 0 Å². The van der Waals surface area contributed by atoms with Crippen LogP contribution >= 0.6 is 0 Å². The predicted molar refractivity (Wildman–Crippen MR) is 278 cm³/mol. The van der Waals surface area contributed by atoms with Gasteiger partial charge in [-0.05, 0) is 145 Å². The Hall–Kier alpha value is -9.13. The number of hydrogen-bond donors (Lipinski definition) is 0. The lowest BCUT2D eigenvalue weighted by atomic mass is 10.0. The first kappa shape index (κ1) is 39.5. The molecule has 318 valence electrons. The van der Waals surface area contributed by atoms with E-state index >= 15 is 0 Å². The maximum Gasteiger partial charge on any atom is 0.200 e. The Morgan fingerprint density at radius 2 is 0.701 bits per heavy atom. The van der Waals surface area contributed by atoms with E-state index in [0.717, 1.165) is 79.4 Å². The molecule has 10 aromatic carbocycles. The first-order valence-corrected chi connectivity index (χ1v) is 22.5. The molecule has 2 heterocycles. The van der Waals surface area contributed by atoms with Crippen LogP contribution in [0, 0.1) is 0 Å². The average Bonchev–Trinajstić information content (AvgIpc) is 3.39. The van der Waals surface area contributed by atoms with Gasteiger partial charge in [0, 0.05) is 45.5 Å². The van der Waals surface area contributed by atoms with Crippen LogP contribution in [0.15, 0.2) is 264 Å². The molecular formula is C61H42N4O2. The smallest absolute Gasteiger partial charge is 0.200 e. The van der Waals surface area contributed by atoms with Gasteiger partial charge in [0.25, 0.3) is 0 Å². The minimum absolute atomic E-state index is 0.0247. The molecule has 0 unspecified atom stereocenters. The van der Waals surface area contributed by atoms with E-state index in [9.17, 15) is 4.79 Å². The van der Waals surface area contributed by atoms with Gasteiger partial charge in [0.1, 0.15) is 11.2 Å². The van der Waals surface area contributed by atoms with Gasteiger partial charge in [0.15, 0.2) is 0 Å². The lowest BCUT2D eigenvalue weighted by molar-refractivity contribution is 0.660. The van der Waals surface area contributed by atoms with Crippen molar-refractivity contribution in [2.75, 3.05) is 19.6 Å². The molecule has 0 aliphatic carbocycles. The maximum atomic E-state index is 13.4. The number of fused-ring (bicyclic) bond motifs is 4. The molecule has 0 saturated carbocycles. The third-order valence-corrected chi connectivity index (χ3v) is 12.5. The number of hydrogen-bond acceptors (Lipinski definition) is 6. The van der Waals surface area contributed by atoms with Crippen LogP contribution in [0.1, 0.15) is 0 Å². The second-order valence-corrected chi connectivity index (χ2v) is 16.6. The zero-order valence-electron chi connectivity index (χ0n) is 36.4. The van der Waals surface area contributed by atoms with Crippen molar-refractivity contribution in [2.45, 2.75) is 0 Å². The first-order chi connectivity index (χ1) is 33.2. The Morgan fingerprint density at radius 3 is 1.21 bits per heavy atom. The predicted octanol–water partition coefficient (Wildman–Crippen LogP) is 16.8. The quantitative estimate of drug-likeness (QED) is 0.135. The van der Waals surface area contributed by atoms with E-state index in [1.807, 2.05) is 42.5 Å². The van der Waals surface area contributed by atoms with Crippen molar-refractivity contribution in [1.82, 2.24) is 0 Å². The Morgan fingerprint density at radius 1 is 0.299 bits per heavy atom. The molecular weight excluding hydrogens is 821 g/mol. The van der Waals surface area contributed by atoms with Crippen LogP contribution in [0.5, 0.6) is 0 Å². The Balaban J connectivity index is 1.05. The van der Waals surface area contributed by atoms with Crippen LogP contribution in [0.3, 0.4) is 0 Å². The van der Waals surface area contributed by atoms with Crippen molar-refractivity contribution >= 4 is 90.2 Å². The summed E-state index contributed by atoms with van der Waals surface area (Å²) in [6.45, 7) is 0. The SMILES string of the molecule is O=c1c2ccccc2oc2cc(-c3ccc(N4c5ccc(N(c6ccccc6)c6ccccc6)cc5N(c5ccccc5)c5cc(N(c6ccccc6)c6ccccc6)ccc54)cc3)ccc12. The molecule has 67 heavy (non-hydrogen) atoms. The lowest BCUT2D eigenvalue weighted by Gasteiger charge is -2.42. The summed E-state index contributed by atoms with van der Waals surface area (Å²) in [6, 6.07) is 88.4. The van der Waals surface area contributed by atoms with Gasteiger partial charge in [-0.2, -0.15) is 0 Å². The minimum atomic E-state index is -0.0247. The van der Waals surface area contributed by atoms with E-state index in [1.54, 1.807) is 0 Å². The highest BCUT2D eigenvalue weighted by atomic mass is 16.3. The first-order valence-electron chi connectivity index (χ1n) is 22.5. The fourth-order valence-corrected chi connectivity index (χ4v) is 9.42. The number of rotatable bonds is 9. The summed E-state index contributed by atoms with van der Waals surface area (Å²) in [7, 11) is 0. The summed E-state index contributed by atoms with van der Waals surface area (Å²) in [6.07, 6.45) is 0. The number of nitrogens with zero attached hydrogens (tertiary/aromatic N) is 4. The molecule has 12 rings (SSSR count). The Kier molecular flexibility index (Phi) is 9.88. The van der Waals surface area contributed by atoms with E-state index in [2.05, 4.69) is 232 Å². The molecule has 6 nitrogen and oxygen atoms in total. The summed E-state index contributed by atoms with van der Waals surface area (Å²) >= 11 is 0. The van der Waals surface area contributed by atoms with Crippen molar-refractivity contribution < 1.29 is 4.42 Å². The van der Waals surface area contributed by atoms with Crippen LogP contribution in [-0.2, 0) is 0 Å². The number of para-hydroxylation sites is 6. The zero-order chi connectivity index (χ0) is 44.7. The number of benzene rings is 10. The van der Waals surface area contributed by atoms with Gasteiger partial charge in [0.2, 0.25) is 5.43 Å². The minimum Gasteiger partial charge on any atom is -0.456 e. The van der Waals surface area contributed by atoms with Crippen molar-refractivity contribution in [2.24, 2.45) is 0 Å². The highest BCUT2D eigenvalue weighted by Crippen LogP contribution is 2.57. The van der Waals surface area contributed by atoms with Crippen molar-refractivity contribution in [3.63, 3.8) is 0 Å². The molecule has 0 spiro atoms. The lowest BCUT2D eigenvalue weighted by Crippen LogP contribution is -2.25. The summed E-state index contributed by atoms with van der Waals surface area (Å²) in [5, 5.41) is 1.15. The number of anilines is 12. The fraction of sp³-hybridized carbons (Fsp3) is 0.